The first-order valence-corrected chi connectivity index (χ1v) is 7.55. The number of hydrogen-bond acceptors (Lipinski definition) is 2. The van der Waals surface area contributed by atoms with Gasteiger partial charge in [-0.25, -0.2) is 0 Å². The molecule has 0 saturated heterocycles. The maximum atomic E-state index is 12.3. The summed E-state index contributed by atoms with van der Waals surface area (Å²) >= 11 is 1.55. The number of hydrogen-bond donors (Lipinski definition) is 0. The predicted octanol–water partition coefficient (Wildman–Crippen LogP) is 4.81. The number of carbonyl (C=O) groups excluding carboxylic acids is 1. The van der Waals surface area contributed by atoms with Gasteiger partial charge in [0.1, 0.15) is 0 Å². The van der Waals surface area contributed by atoms with Crippen LogP contribution in [0.3, 0.4) is 0 Å². The van der Waals surface area contributed by atoms with Gasteiger partial charge in [0.2, 0.25) is 0 Å². The second-order valence-electron chi connectivity index (χ2n) is 4.91. The average Bonchev–Trinajstić information content (AvgIpc) is 3.02. The molecule has 96 valence electrons. The van der Waals surface area contributed by atoms with E-state index in [9.17, 15) is 4.79 Å². The first-order chi connectivity index (χ1) is 9.34. The minimum Gasteiger partial charge on any atom is -0.293 e. The largest absolute Gasteiger partial charge is 0.293 e. The molecule has 2 aromatic rings. The van der Waals surface area contributed by atoms with Crippen LogP contribution in [0.2, 0.25) is 0 Å². The minimum absolute atomic E-state index is 0.172. The summed E-state index contributed by atoms with van der Waals surface area (Å²) in [5.41, 5.74) is 2.68. The topological polar surface area (TPSA) is 17.1 Å². The Kier molecular flexibility index (Phi) is 3.60. The molecule has 1 aliphatic rings. The number of allylic oxidation sites excluding steroid dienone is 2. The van der Waals surface area contributed by atoms with Crippen molar-refractivity contribution in [3.05, 3.63) is 64.4 Å². The highest BCUT2D eigenvalue weighted by Gasteiger charge is 2.23. The Labute approximate surface area is 117 Å². The molecule has 0 fully saturated rings. The maximum Gasteiger partial charge on any atom is 0.176 e. The van der Waals surface area contributed by atoms with Gasteiger partial charge >= 0.3 is 0 Å². The van der Waals surface area contributed by atoms with Gasteiger partial charge in [0.25, 0.3) is 0 Å². The molecule has 0 radical (unpaired) electrons. The summed E-state index contributed by atoms with van der Waals surface area (Å²) < 4.78 is 0. The molecule has 1 nitrogen and oxygen atoms in total. The van der Waals surface area contributed by atoms with Gasteiger partial charge in [-0.05, 0) is 41.8 Å². The van der Waals surface area contributed by atoms with E-state index in [1.807, 2.05) is 23.6 Å². The van der Waals surface area contributed by atoms with Crippen LogP contribution in [0.1, 0.15) is 34.5 Å². The van der Waals surface area contributed by atoms with E-state index in [1.165, 1.54) is 11.1 Å². The molecular formula is C17H16OS. The van der Waals surface area contributed by atoms with E-state index >= 15 is 0 Å². The predicted molar refractivity (Wildman–Crippen MR) is 80.4 cm³/mol. The van der Waals surface area contributed by atoms with E-state index in [4.69, 9.17) is 0 Å². The third-order valence-corrected chi connectivity index (χ3v) is 4.57. The first-order valence-electron chi connectivity index (χ1n) is 6.67. The molecule has 1 unspecified atom stereocenters. The molecule has 0 aliphatic heterocycles. The van der Waals surface area contributed by atoms with Crippen LogP contribution in [0.25, 0.3) is 5.57 Å². The van der Waals surface area contributed by atoms with Crippen molar-refractivity contribution in [1.82, 2.24) is 0 Å². The first kappa shape index (κ1) is 12.4. The van der Waals surface area contributed by atoms with E-state index in [2.05, 4.69) is 30.3 Å². The van der Waals surface area contributed by atoms with E-state index < -0.39 is 0 Å². The van der Waals surface area contributed by atoms with Crippen LogP contribution in [0, 0.1) is 5.92 Å². The molecule has 1 heterocycles. The molecule has 3 rings (SSSR count). The van der Waals surface area contributed by atoms with Crippen LogP contribution in [-0.4, -0.2) is 5.78 Å². The summed E-state index contributed by atoms with van der Waals surface area (Å²) in [4.78, 5) is 13.2. The quantitative estimate of drug-likeness (QED) is 0.730. The Bertz CT molecular complexity index is 581. The van der Waals surface area contributed by atoms with Crippen molar-refractivity contribution in [2.24, 2.45) is 5.92 Å². The number of carbonyl (C=O) groups is 1. The Balaban J connectivity index is 1.72. The van der Waals surface area contributed by atoms with Gasteiger partial charge in [0, 0.05) is 5.92 Å². The van der Waals surface area contributed by atoms with Crippen molar-refractivity contribution >= 4 is 22.7 Å². The highest BCUT2D eigenvalue weighted by Crippen LogP contribution is 2.32. The maximum absolute atomic E-state index is 12.3. The van der Waals surface area contributed by atoms with E-state index in [-0.39, 0.29) is 5.92 Å². The second kappa shape index (κ2) is 5.54. The van der Waals surface area contributed by atoms with Crippen molar-refractivity contribution in [3.8, 4) is 0 Å². The van der Waals surface area contributed by atoms with Gasteiger partial charge in [-0.2, -0.15) is 0 Å². The highest BCUT2D eigenvalue weighted by molar-refractivity contribution is 7.12. The number of benzene rings is 1. The Morgan fingerprint density at radius 2 is 1.95 bits per heavy atom. The van der Waals surface area contributed by atoms with Crippen LogP contribution < -0.4 is 0 Å². The summed E-state index contributed by atoms with van der Waals surface area (Å²) in [6.45, 7) is 0. The van der Waals surface area contributed by atoms with Crippen LogP contribution in [0.15, 0.2) is 53.9 Å². The van der Waals surface area contributed by atoms with Crippen molar-refractivity contribution in [3.63, 3.8) is 0 Å². The van der Waals surface area contributed by atoms with Crippen LogP contribution >= 0.6 is 11.3 Å². The number of Topliss-reactive ketones (excluding diaryl/α,β-unsaturated/α-hetero) is 1. The minimum atomic E-state index is 0.172. The molecular weight excluding hydrogens is 252 g/mol. The lowest BCUT2D eigenvalue weighted by atomic mass is 9.84. The monoisotopic (exact) mass is 268 g/mol. The SMILES string of the molecule is O=C(c1cccs1)C1CC=C(c2ccccc2)CC1. The third kappa shape index (κ3) is 2.69. The smallest absolute Gasteiger partial charge is 0.176 e. The molecule has 19 heavy (non-hydrogen) atoms. The van der Waals surface area contributed by atoms with Gasteiger partial charge in [0.05, 0.1) is 4.88 Å². The van der Waals surface area contributed by atoms with Crippen LogP contribution in [0.5, 0.6) is 0 Å². The van der Waals surface area contributed by atoms with Gasteiger partial charge in [-0.15, -0.1) is 11.3 Å². The van der Waals surface area contributed by atoms with E-state index in [0.29, 0.717) is 5.78 Å². The summed E-state index contributed by atoms with van der Waals surface area (Å²) in [5.74, 6) is 0.490. The van der Waals surface area contributed by atoms with Gasteiger partial charge in [-0.1, -0.05) is 42.5 Å². The molecule has 0 bridgehead atoms. The summed E-state index contributed by atoms with van der Waals surface area (Å²) in [6.07, 6.45) is 5.10. The molecule has 0 N–H and O–H groups in total. The number of rotatable bonds is 3. The van der Waals surface area contributed by atoms with E-state index in [0.717, 1.165) is 24.1 Å². The lowest BCUT2D eigenvalue weighted by Crippen LogP contribution is -2.16. The molecule has 0 saturated carbocycles. The van der Waals surface area contributed by atoms with Crippen molar-refractivity contribution in [2.75, 3.05) is 0 Å². The normalized spacial score (nSPS) is 18.9. The van der Waals surface area contributed by atoms with Crippen LogP contribution in [0.4, 0.5) is 0 Å². The number of ketones is 1. The zero-order valence-corrected chi connectivity index (χ0v) is 11.5. The Hall–Kier alpha value is -1.67. The standard InChI is InChI=1S/C17H16OS/c18-17(16-7-4-12-19-16)15-10-8-14(9-11-15)13-5-2-1-3-6-13/h1-8,12,15H,9-11H2. The second-order valence-corrected chi connectivity index (χ2v) is 5.86. The third-order valence-electron chi connectivity index (χ3n) is 3.69. The summed E-state index contributed by atoms with van der Waals surface area (Å²) in [5, 5.41) is 1.97. The van der Waals surface area contributed by atoms with E-state index in [1.54, 1.807) is 11.3 Å². The lowest BCUT2D eigenvalue weighted by molar-refractivity contribution is 0.0917. The molecule has 0 amide bonds. The highest BCUT2D eigenvalue weighted by atomic mass is 32.1. The van der Waals surface area contributed by atoms with Gasteiger partial charge < -0.3 is 0 Å². The molecule has 1 aromatic heterocycles. The lowest BCUT2D eigenvalue weighted by Gasteiger charge is -2.20. The zero-order chi connectivity index (χ0) is 13.1. The molecule has 1 atom stereocenters. The molecule has 2 heteroatoms. The van der Waals surface area contributed by atoms with Crippen molar-refractivity contribution in [2.45, 2.75) is 19.3 Å². The average molecular weight is 268 g/mol. The fourth-order valence-electron chi connectivity index (χ4n) is 2.61. The Morgan fingerprint density at radius 1 is 1.11 bits per heavy atom. The molecule has 1 aromatic carbocycles. The zero-order valence-electron chi connectivity index (χ0n) is 10.7. The fraction of sp³-hybridized carbons (Fsp3) is 0.235. The van der Waals surface area contributed by atoms with Gasteiger partial charge in [0.15, 0.2) is 5.78 Å². The summed E-state index contributed by atoms with van der Waals surface area (Å²) in [7, 11) is 0. The molecule has 0 spiro atoms. The van der Waals surface area contributed by atoms with Crippen molar-refractivity contribution < 1.29 is 4.79 Å². The van der Waals surface area contributed by atoms with Crippen LogP contribution in [-0.2, 0) is 0 Å². The number of thiophene rings is 1. The fourth-order valence-corrected chi connectivity index (χ4v) is 3.35. The van der Waals surface area contributed by atoms with Gasteiger partial charge in [-0.3, -0.25) is 4.79 Å². The summed E-state index contributed by atoms with van der Waals surface area (Å²) in [6, 6.07) is 14.4. The van der Waals surface area contributed by atoms with Crippen molar-refractivity contribution in [1.29, 1.82) is 0 Å². The molecule has 1 aliphatic carbocycles. The Morgan fingerprint density at radius 3 is 2.58 bits per heavy atom.